The van der Waals surface area contributed by atoms with Crippen molar-refractivity contribution in [1.29, 1.82) is 0 Å². The highest BCUT2D eigenvalue weighted by Crippen LogP contribution is 2.33. The van der Waals surface area contributed by atoms with Crippen molar-refractivity contribution in [2.45, 2.75) is 18.9 Å². The fourth-order valence-electron chi connectivity index (χ4n) is 2.34. The number of methoxy groups -OCH3 is 1. The number of halogens is 1. The third kappa shape index (κ3) is 2.55. The standard InChI is InChI=1S/C13H16ClNO2/c1-17-11-5-2-4-10(8-11)12-6-3-7-15(12)13(16)9-14/h2,4-5,8,12H,3,6-7,9H2,1H3/t12-/m0/s1. The van der Waals surface area contributed by atoms with Gasteiger partial charge in [0.15, 0.2) is 0 Å². The number of amides is 1. The summed E-state index contributed by atoms with van der Waals surface area (Å²) >= 11 is 5.63. The summed E-state index contributed by atoms with van der Waals surface area (Å²) in [6.45, 7) is 0.799. The lowest BCUT2D eigenvalue weighted by Gasteiger charge is -2.24. The Morgan fingerprint density at radius 2 is 2.41 bits per heavy atom. The normalized spacial score (nSPS) is 19.4. The molecule has 1 saturated heterocycles. The lowest BCUT2D eigenvalue weighted by atomic mass is 10.0. The van der Waals surface area contributed by atoms with Crippen LogP contribution >= 0.6 is 11.6 Å². The van der Waals surface area contributed by atoms with Crippen molar-refractivity contribution < 1.29 is 9.53 Å². The lowest BCUT2D eigenvalue weighted by molar-refractivity contribution is -0.129. The minimum absolute atomic E-state index is 0.0111. The van der Waals surface area contributed by atoms with Crippen LogP contribution in [0.1, 0.15) is 24.4 Å². The minimum Gasteiger partial charge on any atom is -0.497 e. The van der Waals surface area contributed by atoms with Gasteiger partial charge >= 0.3 is 0 Å². The molecule has 4 heteroatoms. The molecule has 0 unspecified atom stereocenters. The van der Waals surface area contributed by atoms with Crippen molar-refractivity contribution in [1.82, 2.24) is 4.90 Å². The second-order valence-electron chi connectivity index (χ2n) is 4.16. The highest BCUT2D eigenvalue weighted by Gasteiger charge is 2.29. The van der Waals surface area contributed by atoms with E-state index >= 15 is 0 Å². The molecule has 1 aromatic carbocycles. The largest absolute Gasteiger partial charge is 0.497 e. The molecule has 0 N–H and O–H groups in total. The van der Waals surface area contributed by atoms with Gasteiger partial charge in [0.2, 0.25) is 5.91 Å². The van der Waals surface area contributed by atoms with E-state index in [0.29, 0.717) is 0 Å². The van der Waals surface area contributed by atoms with Gasteiger partial charge in [0.1, 0.15) is 11.6 Å². The van der Waals surface area contributed by atoms with Crippen LogP contribution < -0.4 is 4.74 Å². The number of ether oxygens (including phenoxy) is 1. The highest BCUT2D eigenvalue weighted by molar-refractivity contribution is 6.27. The van der Waals surface area contributed by atoms with E-state index in [-0.39, 0.29) is 17.8 Å². The van der Waals surface area contributed by atoms with Crippen molar-refractivity contribution in [3.05, 3.63) is 29.8 Å². The van der Waals surface area contributed by atoms with E-state index in [1.54, 1.807) is 7.11 Å². The predicted octanol–water partition coefficient (Wildman–Crippen LogP) is 2.60. The fraction of sp³-hybridized carbons (Fsp3) is 0.462. The van der Waals surface area contributed by atoms with E-state index in [9.17, 15) is 4.79 Å². The van der Waals surface area contributed by atoms with Gasteiger partial charge in [-0.25, -0.2) is 0 Å². The number of carbonyl (C=O) groups is 1. The first-order valence-corrected chi connectivity index (χ1v) is 6.29. The third-order valence-corrected chi connectivity index (χ3v) is 3.39. The molecule has 1 aromatic rings. The van der Waals surface area contributed by atoms with Crippen LogP contribution in [-0.2, 0) is 4.79 Å². The molecule has 0 aromatic heterocycles. The number of rotatable bonds is 3. The van der Waals surface area contributed by atoms with Crippen LogP contribution in [0.2, 0.25) is 0 Å². The first-order valence-electron chi connectivity index (χ1n) is 5.75. The summed E-state index contributed by atoms with van der Waals surface area (Å²) in [5.41, 5.74) is 1.13. The van der Waals surface area contributed by atoms with Crippen LogP contribution in [0.5, 0.6) is 5.75 Å². The van der Waals surface area contributed by atoms with Gasteiger partial charge in [-0.2, -0.15) is 0 Å². The summed E-state index contributed by atoms with van der Waals surface area (Å²) in [4.78, 5) is 13.6. The van der Waals surface area contributed by atoms with Gasteiger partial charge in [-0.3, -0.25) is 4.79 Å². The predicted molar refractivity (Wildman–Crippen MR) is 67.4 cm³/mol. The van der Waals surface area contributed by atoms with E-state index in [4.69, 9.17) is 16.3 Å². The van der Waals surface area contributed by atoms with Gasteiger partial charge < -0.3 is 9.64 Å². The first kappa shape index (κ1) is 12.2. The lowest BCUT2D eigenvalue weighted by Crippen LogP contribution is -2.31. The smallest absolute Gasteiger partial charge is 0.238 e. The molecule has 92 valence electrons. The van der Waals surface area contributed by atoms with Crippen LogP contribution in [0.4, 0.5) is 0 Å². The zero-order valence-corrected chi connectivity index (χ0v) is 10.6. The zero-order chi connectivity index (χ0) is 12.3. The molecule has 0 bridgehead atoms. The SMILES string of the molecule is COc1cccc([C@@H]2CCCN2C(=O)CCl)c1. The zero-order valence-electron chi connectivity index (χ0n) is 9.86. The molecule has 2 rings (SSSR count). The Morgan fingerprint density at radius 1 is 1.59 bits per heavy atom. The molecule has 1 fully saturated rings. The molecule has 1 aliphatic rings. The van der Waals surface area contributed by atoms with Gasteiger partial charge in [0.05, 0.1) is 13.2 Å². The Morgan fingerprint density at radius 3 is 3.12 bits per heavy atom. The summed E-state index contributed by atoms with van der Waals surface area (Å²) in [5.74, 6) is 0.894. The molecular weight excluding hydrogens is 238 g/mol. The fourth-order valence-corrected chi connectivity index (χ4v) is 2.49. The van der Waals surface area contributed by atoms with Gasteiger partial charge in [0.25, 0.3) is 0 Å². The molecule has 1 heterocycles. The summed E-state index contributed by atoms with van der Waals surface area (Å²) < 4.78 is 5.21. The quantitative estimate of drug-likeness (QED) is 0.775. The first-order chi connectivity index (χ1) is 8.26. The number of nitrogens with zero attached hydrogens (tertiary/aromatic N) is 1. The maximum absolute atomic E-state index is 11.7. The van der Waals surface area contributed by atoms with Gasteiger partial charge in [-0.05, 0) is 30.5 Å². The van der Waals surface area contributed by atoms with Crippen LogP contribution in [0, 0.1) is 0 Å². The van der Waals surface area contributed by atoms with E-state index < -0.39 is 0 Å². The second kappa shape index (κ2) is 5.41. The number of hydrogen-bond donors (Lipinski definition) is 0. The average molecular weight is 254 g/mol. The second-order valence-corrected chi connectivity index (χ2v) is 4.42. The molecule has 3 nitrogen and oxygen atoms in total. The molecule has 1 atom stereocenters. The van der Waals surface area contributed by atoms with Gasteiger partial charge in [-0.15, -0.1) is 11.6 Å². The number of hydrogen-bond acceptors (Lipinski definition) is 2. The van der Waals surface area contributed by atoms with Gasteiger partial charge in [-0.1, -0.05) is 12.1 Å². The molecular formula is C13H16ClNO2. The summed E-state index contributed by atoms with van der Waals surface area (Å²) in [6.07, 6.45) is 2.03. The van der Waals surface area contributed by atoms with E-state index in [1.807, 2.05) is 29.2 Å². The van der Waals surface area contributed by atoms with Crippen LogP contribution in [0.25, 0.3) is 0 Å². The Bertz CT molecular complexity index is 408. The molecule has 0 saturated carbocycles. The Balaban J connectivity index is 2.22. The Labute approximate surface area is 106 Å². The maximum atomic E-state index is 11.7. The third-order valence-electron chi connectivity index (χ3n) is 3.17. The topological polar surface area (TPSA) is 29.5 Å². The van der Waals surface area contributed by atoms with Crippen LogP contribution in [0.3, 0.4) is 0 Å². The molecule has 0 aliphatic carbocycles. The van der Waals surface area contributed by atoms with Crippen LogP contribution in [-0.4, -0.2) is 30.3 Å². The maximum Gasteiger partial charge on any atom is 0.238 e. The number of likely N-dealkylation sites (tertiary alicyclic amines) is 1. The number of alkyl halides is 1. The monoisotopic (exact) mass is 253 g/mol. The van der Waals surface area contributed by atoms with Crippen molar-refractivity contribution in [3.63, 3.8) is 0 Å². The molecule has 17 heavy (non-hydrogen) atoms. The van der Waals surface area contributed by atoms with Gasteiger partial charge in [0, 0.05) is 6.54 Å². The van der Waals surface area contributed by atoms with Crippen LogP contribution in [0.15, 0.2) is 24.3 Å². The Kier molecular flexibility index (Phi) is 3.89. The van der Waals surface area contributed by atoms with E-state index in [2.05, 4.69) is 0 Å². The minimum atomic E-state index is 0.0111. The number of benzene rings is 1. The molecule has 0 spiro atoms. The molecule has 1 aliphatic heterocycles. The number of carbonyl (C=O) groups excluding carboxylic acids is 1. The van der Waals surface area contributed by atoms with Crippen molar-refractivity contribution >= 4 is 17.5 Å². The summed E-state index contributed by atoms with van der Waals surface area (Å²) in [7, 11) is 1.65. The average Bonchev–Trinajstić information content (AvgIpc) is 2.87. The Hall–Kier alpha value is -1.22. The van der Waals surface area contributed by atoms with Crippen molar-refractivity contribution in [2.75, 3.05) is 19.5 Å². The molecule has 1 amide bonds. The summed E-state index contributed by atoms with van der Waals surface area (Å²) in [5, 5.41) is 0. The molecule has 0 radical (unpaired) electrons. The van der Waals surface area contributed by atoms with Crippen molar-refractivity contribution in [2.24, 2.45) is 0 Å². The van der Waals surface area contributed by atoms with Crippen molar-refractivity contribution in [3.8, 4) is 5.75 Å². The van der Waals surface area contributed by atoms with E-state index in [1.165, 1.54) is 0 Å². The van der Waals surface area contributed by atoms with E-state index in [0.717, 1.165) is 30.7 Å². The summed E-state index contributed by atoms with van der Waals surface area (Å²) in [6, 6.07) is 8.04. The highest BCUT2D eigenvalue weighted by atomic mass is 35.5.